The van der Waals surface area contributed by atoms with Crippen LogP contribution in [-0.4, -0.2) is 35.2 Å². The third-order valence-electron chi connectivity index (χ3n) is 4.55. The Hall–Kier alpha value is -4.08. The number of hydrogen-bond donors (Lipinski definition) is 1. The number of ether oxygens (including phenoxy) is 3. The Morgan fingerprint density at radius 2 is 1.90 bits per heavy atom. The van der Waals surface area contributed by atoms with Crippen molar-refractivity contribution in [2.45, 2.75) is 13.5 Å². The van der Waals surface area contributed by atoms with E-state index in [-0.39, 0.29) is 24.7 Å². The SMILES string of the molecule is CCOc1cc2c(cc1/C=C1/NC(=O)N(Cc3ccc([N+](=O)[O-])cc3)C1=O)OCO2. The molecule has 0 radical (unpaired) electrons. The summed E-state index contributed by atoms with van der Waals surface area (Å²) >= 11 is 0. The number of amides is 3. The summed E-state index contributed by atoms with van der Waals surface area (Å²) in [5.41, 5.74) is 1.16. The van der Waals surface area contributed by atoms with Crippen molar-refractivity contribution in [1.82, 2.24) is 10.2 Å². The van der Waals surface area contributed by atoms with Crippen LogP contribution in [0.4, 0.5) is 10.5 Å². The minimum atomic E-state index is -0.580. The van der Waals surface area contributed by atoms with E-state index in [1.54, 1.807) is 12.1 Å². The van der Waals surface area contributed by atoms with Crippen molar-refractivity contribution in [2.75, 3.05) is 13.4 Å². The van der Waals surface area contributed by atoms with Crippen LogP contribution in [0.2, 0.25) is 0 Å². The Balaban J connectivity index is 1.58. The third-order valence-corrected chi connectivity index (χ3v) is 4.55. The van der Waals surface area contributed by atoms with Crippen molar-refractivity contribution in [3.05, 3.63) is 63.3 Å². The molecule has 2 aliphatic rings. The van der Waals surface area contributed by atoms with Crippen LogP contribution >= 0.6 is 0 Å². The highest BCUT2D eigenvalue weighted by Gasteiger charge is 2.34. The van der Waals surface area contributed by atoms with E-state index < -0.39 is 16.9 Å². The zero-order valence-corrected chi connectivity index (χ0v) is 15.9. The molecular weight excluding hydrogens is 394 g/mol. The van der Waals surface area contributed by atoms with Crippen LogP contribution in [0.25, 0.3) is 6.08 Å². The summed E-state index contributed by atoms with van der Waals surface area (Å²) in [7, 11) is 0. The smallest absolute Gasteiger partial charge is 0.329 e. The second kappa shape index (κ2) is 7.74. The van der Waals surface area contributed by atoms with Crippen LogP contribution in [0.5, 0.6) is 17.2 Å². The van der Waals surface area contributed by atoms with E-state index in [4.69, 9.17) is 14.2 Å². The van der Waals surface area contributed by atoms with E-state index >= 15 is 0 Å². The summed E-state index contributed by atoms with van der Waals surface area (Å²) in [6.07, 6.45) is 1.52. The Labute approximate surface area is 170 Å². The van der Waals surface area contributed by atoms with Gasteiger partial charge < -0.3 is 19.5 Å². The molecule has 2 aromatic carbocycles. The molecule has 154 valence electrons. The molecule has 2 heterocycles. The lowest BCUT2D eigenvalue weighted by Crippen LogP contribution is -2.30. The number of imide groups is 1. The number of nitrogens with one attached hydrogen (secondary N) is 1. The van der Waals surface area contributed by atoms with Gasteiger partial charge in [0, 0.05) is 23.8 Å². The van der Waals surface area contributed by atoms with Crippen molar-refractivity contribution in [1.29, 1.82) is 0 Å². The van der Waals surface area contributed by atoms with Gasteiger partial charge in [0.05, 0.1) is 18.1 Å². The predicted octanol–water partition coefficient (Wildman–Crippen LogP) is 2.82. The summed E-state index contributed by atoms with van der Waals surface area (Å²) in [6.45, 7) is 2.32. The van der Waals surface area contributed by atoms with Crippen LogP contribution < -0.4 is 19.5 Å². The molecule has 0 aromatic heterocycles. The number of fused-ring (bicyclic) bond motifs is 1. The van der Waals surface area contributed by atoms with Crippen molar-refractivity contribution in [3.8, 4) is 17.2 Å². The molecule has 0 unspecified atom stereocenters. The molecule has 4 rings (SSSR count). The van der Waals surface area contributed by atoms with E-state index in [9.17, 15) is 19.7 Å². The van der Waals surface area contributed by atoms with Gasteiger partial charge in [-0.25, -0.2) is 4.79 Å². The first-order chi connectivity index (χ1) is 14.5. The average Bonchev–Trinajstić information content (AvgIpc) is 3.28. The van der Waals surface area contributed by atoms with Gasteiger partial charge in [-0.15, -0.1) is 0 Å². The van der Waals surface area contributed by atoms with Crippen LogP contribution in [-0.2, 0) is 11.3 Å². The Morgan fingerprint density at radius 3 is 2.57 bits per heavy atom. The van der Waals surface area contributed by atoms with E-state index in [0.717, 1.165) is 4.90 Å². The van der Waals surface area contributed by atoms with Gasteiger partial charge in [-0.1, -0.05) is 12.1 Å². The predicted molar refractivity (Wildman–Crippen MR) is 104 cm³/mol. The van der Waals surface area contributed by atoms with E-state index in [2.05, 4.69) is 5.32 Å². The van der Waals surface area contributed by atoms with Gasteiger partial charge in [0.1, 0.15) is 11.4 Å². The maximum absolute atomic E-state index is 12.8. The molecule has 1 N–H and O–H groups in total. The number of rotatable bonds is 6. The zero-order valence-electron chi connectivity index (χ0n) is 15.9. The second-order valence-corrected chi connectivity index (χ2v) is 6.48. The molecule has 2 aliphatic heterocycles. The highest BCUT2D eigenvalue weighted by molar-refractivity contribution is 6.14. The molecule has 2 aromatic rings. The van der Waals surface area contributed by atoms with Crippen molar-refractivity contribution < 1.29 is 28.7 Å². The quantitative estimate of drug-likeness (QED) is 0.336. The molecule has 10 heteroatoms. The number of carbonyl (C=O) groups excluding carboxylic acids is 2. The largest absolute Gasteiger partial charge is 0.493 e. The van der Waals surface area contributed by atoms with Crippen LogP contribution in [0.15, 0.2) is 42.1 Å². The van der Waals surface area contributed by atoms with Crippen LogP contribution in [0, 0.1) is 10.1 Å². The number of non-ortho nitro benzene ring substituents is 1. The highest BCUT2D eigenvalue weighted by Crippen LogP contribution is 2.39. The fourth-order valence-corrected chi connectivity index (χ4v) is 3.11. The molecule has 0 spiro atoms. The molecule has 0 saturated carbocycles. The fraction of sp³-hybridized carbons (Fsp3) is 0.200. The van der Waals surface area contributed by atoms with E-state index in [0.29, 0.717) is 35.0 Å². The molecule has 1 fully saturated rings. The van der Waals surface area contributed by atoms with Gasteiger partial charge in [-0.3, -0.25) is 19.8 Å². The van der Waals surface area contributed by atoms with Gasteiger partial charge >= 0.3 is 6.03 Å². The molecule has 0 atom stereocenters. The third kappa shape index (κ3) is 3.62. The lowest BCUT2D eigenvalue weighted by Gasteiger charge is -2.11. The van der Waals surface area contributed by atoms with Crippen molar-refractivity contribution >= 4 is 23.7 Å². The Morgan fingerprint density at radius 1 is 1.20 bits per heavy atom. The molecule has 0 aliphatic carbocycles. The standard InChI is InChI=1S/C20H17N3O7/c1-2-28-16-9-18-17(29-11-30-18)8-13(16)7-15-19(24)22(20(25)21-15)10-12-3-5-14(6-4-12)23(26)27/h3-9H,2,10-11H2,1H3,(H,21,25)/b15-7+. The summed E-state index contributed by atoms with van der Waals surface area (Å²) in [6, 6.07) is 8.43. The summed E-state index contributed by atoms with van der Waals surface area (Å²) in [5.74, 6) is 1.04. The van der Waals surface area contributed by atoms with Gasteiger partial charge in [-0.2, -0.15) is 0 Å². The second-order valence-electron chi connectivity index (χ2n) is 6.48. The molecule has 30 heavy (non-hydrogen) atoms. The Kier molecular flexibility index (Phi) is 4.97. The molecule has 3 amide bonds. The summed E-state index contributed by atoms with van der Waals surface area (Å²) in [5, 5.41) is 13.3. The number of nitro benzene ring substituents is 1. The number of nitrogens with zero attached hydrogens (tertiary/aromatic N) is 2. The van der Waals surface area contributed by atoms with E-state index in [1.165, 1.54) is 30.3 Å². The van der Waals surface area contributed by atoms with Crippen molar-refractivity contribution in [2.24, 2.45) is 0 Å². The molecule has 10 nitrogen and oxygen atoms in total. The maximum atomic E-state index is 12.8. The first-order valence-corrected chi connectivity index (χ1v) is 9.10. The van der Waals surface area contributed by atoms with Gasteiger partial charge in [0.25, 0.3) is 11.6 Å². The summed E-state index contributed by atoms with van der Waals surface area (Å²) < 4.78 is 16.3. The number of benzene rings is 2. The topological polar surface area (TPSA) is 120 Å². The molecule has 1 saturated heterocycles. The molecular formula is C20H17N3O7. The van der Waals surface area contributed by atoms with Crippen LogP contribution in [0.1, 0.15) is 18.1 Å². The minimum absolute atomic E-state index is 0.0144. The Bertz CT molecular complexity index is 1060. The van der Waals surface area contributed by atoms with Crippen LogP contribution in [0.3, 0.4) is 0 Å². The lowest BCUT2D eigenvalue weighted by molar-refractivity contribution is -0.384. The number of urea groups is 1. The first-order valence-electron chi connectivity index (χ1n) is 9.10. The molecule has 0 bridgehead atoms. The monoisotopic (exact) mass is 411 g/mol. The average molecular weight is 411 g/mol. The number of hydrogen-bond acceptors (Lipinski definition) is 7. The van der Waals surface area contributed by atoms with E-state index in [1.807, 2.05) is 6.92 Å². The maximum Gasteiger partial charge on any atom is 0.329 e. The van der Waals surface area contributed by atoms with Gasteiger partial charge in [-0.05, 0) is 24.6 Å². The number of nitro groups is 1. The zero-order chi connectivity index (χ0) is 21.3. The van der Waals surface area contributed by atoms with Gasteiger partial charge in [0.2, 0.25) is 6.79 Å². The fourth-order valence-electron chi connectivity index (χ4n) is 3.11. The highest BCUT2D eigenvalue weighted by atomic mass is 16.7. The minimum Gasteiger partial charge on any atom is -0.493 e. The van der Waals surface area contributed by atoms with Gasteiger partial charge in [0.15, 0.2) is 11.5 Å². The normalized spacial score (nSPS) is 16.2. The lowest BCUT2D eigenvalue weighted by atomic mass is 10.1. The van der Waals surface area contributed by atoms with Crippen molar-refractivity contribution in [3.63, 3.8) is 0 Å². The number of carbonyl (C=O) groups is 2. The summed E-state index contributed by atoms with van der Waals surface area (Å²) in [4.78, 5) is 36.4. The first kappa shape index (κ1) is 19.2.